The van der Waals surface area contributed by atoms with Gasteiger partial charge in [0.25, 0.3) is 0 Å². The SMILES string of the molecule is CCCCCCCCCCCCCCCCOc1ccc(/C=C/C(=O)OCCOC(=O)/C=C/c2ccc(OCCCCCCCCCCCCCCCC)cc2)cc1. The molecule has 6 heteroatoms. The fourth-order valence-corrected chi connectivity index (χ4v) is 7.03. The third kappa shape index (κ3) is 30.5. The molecule has 0 saturated heterocycles. The molecule has 0 aliphatic rings. The first-order valence-corrected chi connectivity index (χ1v) is 23.8. The first kappa shape index (κ1) is 50.6. The summed E-state index contributed by atoms with van der Waals surface area (Å²) in [6, 6.07) is 15.4. The molecule has 58 heavy (non-hydrogen) atoms. The molecule has 0 aromatic heterocycles. The van der Waals surface area contributed by atoms with Crippen LogP contribution in [0.1, 0.15) is 205 Å². The fraction of sp³-hybridized carbons (Fsp3) is 0.654. The summed E-state index contributed by atoms with van der Waals surface area (Å²) >= 11 is 0. The van der Waals surface area contributed by atoms with Crippen LogP contribution in [0.15, 0.2) is 60.7 Å². The number of unbranched alkanes of at least 4 members (excludes halogenated alkanes) is 26. The van der Waals surface area contributed by atoms with E-state index < -0.39 is 11.9 Å². The standard InChI is InChI=1S/C52H82O6/c1-3-5-7-9-11-13-15-17-19-21-23-25-27-29-43-55-49-37-31-47(32-38-49)35-41-51(53)57-45-46-58-52(54)42-36-48-33-39-50(40-34-48)56-44-30-28-26-24-22-20-18-16-14-12-10-8-6-4-2/h31-42H,3-30,43-46H2,1-2H3/b41-35+,42-36+. The second-order valence-electron chi connectivity index (χ2n) is 16.0. The molecule has 0 heterocycles. The van der Waals surface area contributed by atoms with Gasteiger partial charge in [-0.25, -0.2) is 9.59 Å². The van der Waals surface area contributed by atoms with Gasteiger partial charge < -0.3 is 18.9 Å². The molecular formula is C52H82O6. The van der Waals surface area contributed by atoms with Crippen LogP contribution in [0.2, 0.25) is 0 Å². The summed E-state index contributed by atoms with van der Waals surface area (Å²) in [5, 5.41) is 0. The van der Waals surface area contributed by atoms with Gasteiger partial charge in [-0.1, -0.05) is 205 Å². The monoisotopic (exact) mass is 803 g/mol. The van der Waals surface area contributed by atoms with Gasteiger partial charge in [0.15, 0.2) is 0 Å². The Kier molecular flexibility index (Phi) is 32.9. The molecule has 0 aliphatic carbocycles. The molecule has 0 spiro atoms. The Hall–Kier alpha value is -3.54. The smallest absolute Gasteiger partial charge is 0.330 e. The molecule has 0 atom stereocenters. The van der Waals surface area contributed by atoms with E-state index in [1.807, 2.05) is 48.5 Å². The van der Waals surface area contributed by atoms with Crippen molar-refractivity contribution in [1.29, 1.82) is 0 Å². The Balaban J connectivity index is 1.42. The zero-order valence-electron chi connectivity index (χ0n) is 37.0. The maximum absolute atomic E-state index is 12.1. The Morgan fingerprint density at radius 3 is 0.897 bits per heavy atom. The summed E-state index contributed by atoms with van der Waals surface area (Å²) < 4.78 is 22.2. The molecule has 0 aliphatic heterocycles. The zero-order valence-corrected chi connectivity index (χ0v) is 37.0. The number of esters is 2. The van der Waals surface area contributed by atoms with Crippen molar-refractivity contribution >= 4 is 24.1 Å². The maximum Gasteiger partial charge on any atom is 0.330 e. The summed E-state index contributed by atoms with van der Waals surface area (Å²) in [7, 11) is 0. The lowest BCUT2D eigenvalue weighted by molar-refractivity contribution is -0.145. The average molecular weight is 803 g/mol. The van der Waals surface area contributed by atoms with E-state index in [0.717, 1.165) is 48.7 Å². The van der Waals surface area contributed by atoms with Crippen molar-refractivity contribution in [2.45, 2.75) is 194 Å². The van der Waals surface area contributed by atoms with Gasteiger partial charge in [-0.2, -0.15) is 0 Å². The van der Waals surface area contributed by atoms with E-state index in [4.69, 9.17) is 18.9 Å². The zero-order chi connectivity index (χ0) is 41.4. The van der Waals surface area contributed by atoms with Crippen molar-refractivity contribution in [2.75, 3.05) is 26.4 Å². The van der Waals surface area contributed by atoms with Crippen molar-refractivity contribution in [2.24, 2.45) is 0 Å². The number of carbonyl (C=O) groups is 2. The Labute approximate surface area is 354 Å². The first-order chi connectivity index (χ1) is 28.6. The van der Waals surface area contributed by atoms with Gasteiger partial charge in [0.2, 0.25) is 0 Å². The summed E-state index contributed by atoms with van der Waals surface area (Å²) in [5.74, 6) is 0.691. The van der Waals surface area contributed by atoms with Crippen molar-refractivity contribution in [1.82, 2.24) is 0 Å². The molecule has 2 rings (SSSR count). The molecule has 0 radical (unpaired) electrons. The molecule has 0 N–H and O–H groups in total. The Morgan fingerprint density at radius 2 is 0.621 bits per heavy atom. The first-order valence-electron chi connectivity index (χ1n) is 23.8. The molecule has 326 valence electrons. The van der Waals surface area contributed by atoms with Gasteiger partial charge in [0.05, 0.1) is 13.2 Å². The van der Waals surface area contributed by atoms with Gasteiger partial charge in [-0.3, -0.25) is 0 Å². The average Bonchev–Trinajstić information content (AvgIpc) is 3.24. The van der Waals surface area contributed by atoms with Crippen LogP contribution in [-0.2, 0) is 19.1 Å². The number of hydrogen-bond donors (Lipinski definition) is 0. The van der Waals surface area contributed by atoms with Crippen LogP contribution in [0.4, 0.5) is 0 Å². The maximum atomic E-state index is 12.1. The largest absolute Gasteiger partial charge is 0.494 e. The highest BCUT2D eigenvalue weighted by Gasteiger charge is 2.03. The third-order valence-electron chi connectivity index (χ3n) is 10.7. The highest BCUT2D eigenvalue weighted by molar-refractivity contribution is 5.87. The lowest BCUT2D eigenvalue weighted by Gasteiger charge is -2.07. The highest BCUT2D eigenvalue weighted by atomic mass is 16.6. The van der Waals surface area contributed by atoms with Crippen LogP contribution in [0.5, 0.6) is 11.5 Å². The minimum Gasteiger partial charge on any atom is -0.494 e. The molecule has 6 nitrogen and oxygen atoms in total. The van der Waals surface area contributed by atoms with Crippen molar-refractivity contribution in [3.05, 3.63) is 71.8 Å². The fourth-order valence-electron chi connectivity index (χ4n) is 7.03. The third-order valence-corrected chi connectivity index (χ3v) is 10.7. The van der Waals surface area contributed by atoms with E-state index in [9.17, 15) is 9.59 Å². The van der Waals surface area contributed by atoms with Crippen LogP contribution in [0.25, 0.3) is 12.2 Å². The summed E-state index contributed by atoms with van der Waals surface area (Å²) in [4.78, 5) is 24.3. The van der Waals surface area contributed by atoms with Crippen LogP contribution >= 0.6 is 0 Å². The topological polar surface area (TPSA) is 71.1 Å². The van der Waals surface area contributed by atoms with Gasteiger partial charge in [-0.15, -0.1) is 0 Å². The highest BCUT2D eigenvalue weighted by Crippen LogP contribution is 2.18. The minimum absolute atomic E-state index is 0.0138. The Morgan fingerprint density at radius 1 is 0.362 bits per heavy atom. The van der Waals surface area contributed by atoms with Gasteiger partial charge >= 0.3 is 11.9 Å². The molecule has 0 saturated carbocycles. The number of ether oxygens (including phenoxy) is 4. The van der Waals surface area contributed by atoms with Gasteiger partial charge in [-0.05, 0) is 60.4 Å². The van der Waals surface area contributed by atoms with Crippen molar-refractivity contribution in [3.8, 4) is 11.5 Å². The van der Waals surface area contributed by atoms with Gasteiger partial charge in [0, 0.05) is 12.2 Å². The summed E-state index contributed by atoms with van der Waals surface area (Å²) in [6.07, 6.45) is 43.8. The van der Waals surface area contributed by atoms with E-state index in [1.54, 1.807) is 12.2 Å². The molecular weight excluding hydrogens is 721 g/mol. The predicted octanol–water partition coefficient (Wildman–Crippen LogP) is 15.2. The lowest BCUT2D eigenvalue weighted by atomic mass is 10.0. The van der Waals surface area contributed by atoms with E-state index in [1.165, 1.54) is 179 Å². The summed E-state index contributed by atoms with van der Waals surface area (Å²) in [6.45, 7) is 5.97. The second kappa shape index (κ2) is 37.7. The van der Waals surface area contributed by atoms with Crippen LogP contribution in [0, 0.1) is 0 Å². The van der Waals surface area contributed by atoms with Crippen LogP contribution in [-0.4, -0.2) is 38.4 Å². The number of hydrogen-bond acceptors (Lipinski definition) is 6. The summed E-state index contributed by atoms with van der Waals surface area (Å²) in [5.41, 5.74) is 1.75. The van der Waals surface area contributed by atoms with E-state index in [-0.39, 0.29) is 13.2 Å². The molecule has 0 bridgehead atoms. The number of benzene rings is 2. The van der Waals surface area contributed by atoms with Crippen LogP contribution in [0.3, 0.4) is 0 Å². The predicted molar refractivity (Wildman–Crippen MR) is 244 cm³/mol. The number of rotatable bonds is 39. The van der Waals surface area contributed by atoms with Crippen molar-refractivity contribution < 1.29 is 28.5 Å². The quantitative estimate of drug-likeness (QED) is 0.0381. The molecule has 0 unspecified atom stereocenters. The normalized spacial score (nSPS) is 11.4. The van der Waals surface area contributed by atoms with Gasteiger partial charge in [0.1, 0.15) is 24.7 Å². The molecule has 0 amide bonds. The van der Waals surface area contributed by atoms with Crippen molar-refractivity contribution in [3.63, 3.8) is 0 Å². The minimum atomic E-state index is -0.489. The molecule has 2 aromatic carbocycles. The molecule has 2 aromatic rings. The molecule has 0 fully saturated rings. The van der Waals surface area contributed by atoms with E-state index in [0.29, 0.717) is 0 Å². The second-order valence-corrected chi connectivity index (χ2v) is 16.0. The van der Waals surface area contributed by atoms with Crippen LogP contribution < -0.4 is 9.47 Å². The van der Waals surface area contributed by atoms with E-state index in [2.05, 4.69) is 13.8 Å². The number of carbonyl (C=O) groups excluding carboxylic acids is 2. The van der Waals surface area contributed by atoms with E-state index >= 15 is 0 Å². The Bertz CT molecular complexity index is 1200. The lowest BCUT2D eigenvalue weighted by Crippen LogP contribution is -2.11.